The maximum absolute atomic E-state index is 13.3. The Bertz CT molecular complexity index is 1450. The minimum Gasteiger partial charge on any atom is -0.298 e. The second-order valence-corrected chi connectivity index (χ2v) is 13.0. The molecule has 1 aromatic heterocycles. The van der Waals surface area contributed by atoms with Crippen LogP contribution in [0.2, 0.25) is 5.02 Å². The first kappa shape index (κ1) is 25.7. The third kappa shape index (κ3) is 5.19. The Morgan fingerprint density at radius 2 is 1.89 bits per heavy atom. The zero-order chi connectivity index (χ0) is 25.4. The van der Waals surface area contributed by atoms with Crippen LogP contribution in [-0.4, -0.2) is 65.9 Å². The Labute approximate surface area is 224 Å². The number of fused-ring (bicyclic) bond motifs is 1. The molecule has 8 nitrogen and oxygen atoms in total. The van der Waals surface area contributed by atoms with Crippen LogP contribution in [0.5, 0.6) is 0 Å². The Balaban J connectivity index is 1.38. The lowest BCUT2D eigenvalue weighted by Gasteiger charge is -2.43. The van der Waals surface area contributed by atoms with Crippen LogP contribution in [0.3, 0.4) is 0 Å². The summed E-state index contributed by atoms with van der Waals surface area (Å²) in [5.41, 5.74) is 4.46. The van der Waals surface area contributed by atoms with Gasteiger partial charge in [-0.2, -0.15) is 0 Å². The Kier molecular flexibility index (Phi) is 7.42. The molecule has 0 unspecified atom stereocenters. The standard InChI is InChI=1S/C25H29BrClN5O3S/c1-2-36(34,35)24-7-6-18(27)13-23(24)29-32-16-28-22-12-17(21(26)14-20(22)25(32)33)15-30-8-10-31(11-9-30)19-4-3-5-19/h6-7,12-14,16,19,29H,2-5,8-11,15H2,1H3. The van der Waals surface area contributed by atoms with Gasteiger partial charge >= 0.3 is 0 Å². The molecule has 0 radical (unpaired) electrons. The van der Waals surface area contributed by atoms with E-state index in [-0.39, 0.29) is 21.9 Å². The molecule has 11 heteroatoms. The van der Waals surface area contributed by atoms with Gasteiger partial charge in [0.1, 0.15) is 6.33 Å². The molecular formula is C25H29BrClN5O3S. The number of benzene rings is 2. The van der Waals surface area contributed by atoms with E-state index >= 15 is 0 Å². The quantitative estimate of drug-likeness (QED) is 0.440. The van der Waals surface area contributed by atoms with Crippen molar-refractivity contribution in [3.05, 3.63) is 62.1 Å². The number of halogens is 2. The number of hydrogen-bond donors (Lipinski definition) is 1. The second-order valence-electron chi connectivity index (χ2n) is 9.43. The first-order chi connectivity index (χ1) is 17.2. The topological polar surface area (TPSA) is 87.5 Å². The van der Waals surface area contributed by atoms with Gasteiger partial charge in [0.2, 0.25) is 0 Å². The van der Waals surface area contributed by atoms with Gasteiger partial charge in [-0.25, -0.2) is 18.1 Å². The summed E-state index contributed by atoms with van der Waals surface area (Å²) in [5.74, 6) is -0.0699. The number of anilines is 1. The van der Waals surface area contributed by atoms with E-state index in [1.807, 2.05) is 6.07 Å². The first-order valence-electron chi connectivity index (χ1n) is 12.2. The summed E-state index contributed by atoms with van der Waals surface area (Å²) < 4.78 is 27.1. The molecule has 1 N–H and O–H groups in total. The van der Waals surface area contributed by atoms with Gasteiger partial charge in [0, 0.05) is 48.3 Å². The number of rotatable bonds is 7. The van der Waals surface area contributed by atoms with Gasteiger partial charge in [-0.1, -0.05) is 40.9 Å². The zero-order valence-corrected chi connectivity index (χ0v) is 23.2. The second kappa shape index (κ2) is 10.4. The van der Waals surface area contributed by atoms with Crippen molar-refractivity contribution >= 4 is 54.0 Å². The van der Waals surface area contributed by atoms with E-state index in [1.165, 1.54) is 48.5 Å². The predicted molar refractivity (Wildman–Crippen MR) is 146 cm³/mol. The minimum atomic E-state index is -3.53. The van der Waals surface area contributed by atoms with Gasteiger partial charge in [0.05, 0.1) is 27.2 Å². The van der Waals surface area contributed by atoms with E-state index in [2.05, 4.69) is 36.1 Å². The van der Waals surface area contributed by atoms with Gasteiger partial charge in [-0.05, 0) is 48.7 Å². The highest BCUT2D eigenvalue weighted by Gasteiger charge is 2.28. The number of sulfone groups is 1. The number of piperazine rings is 1. The maximum Gasteiger partial charge on any atom is 0.280 e. The van der Waals surface area contributed by atoms with E-state index < -0.39 is 9.84 Å². The Hall–Kier alpha value is -1.98. The van der Waals surface area contributed by atoms with Crippen molar-refractivity contribution in [3.8, 4) is 0 Å². The lowest BCUT2D eigenvalue weighted by atomic mass is 9.91. The van der Waals surface area contributed by atoms with Crippen LogP contribution in [0.4, 0.5) is 5.69 Å². The molecule has 36 heavy (non-hydrogen) atoms. The highest BCUT2D eigenvalue weighted by atomic mass is 79.9. The molecule has 5 rings (SSSR count). The molecule has 1 saturated carbocycles. The van der Waals surface area contributed by atoms with Gasteiger partial charge < -0.3 is 0 Å². The Morgan fingerprint density at radius 3 is 2.56 bits per heavy atom. The van der Waals surface area contributed by atoms with Crippen molar-refractivity contribution in [2.45, 2.75) is 43.7 Å². The maximum atomic E-state index is 13.3. The smallest absolute Gasteiger partial charge is 0.280 e. The highest BCUT2D eigenvalue weighted by Crippen LogP contribution is 2.28. The van der Waals surface area contributed by atoms with Crippen LogP contribution in [0.1, 0.15) is 31.7 Å². The molecule has 0 spiro atoms. The number of aromatic nitrogens is 2. The number of hydrogen-bond acceptors (Lipinski definition) is 7. The minimum absolute atomic E-state index is 0.0699. The molecule has 0 atom stereocenters. The SMILES string of the molecule is CCS(=O)(=O)c1ccc(Cl)cc1Nn1cnc2cc(CN3CCN(C4CCC4)CC3)c(Br)cc2c1=O. The largest absolute Gasteiger partial charge is 0.298 e. The zero-order valence-electron chi connectivity index (χ0n) is 20.1. The summed E-state index contributed by atoms with van der Waals surface area (Å²) in [6.45, 7) is 6.62. The summed E-state index contributed by atoms with van der Waals surface area (Å²) in [7, 11) is -3.53. The molecule has 1 aliphatic heterocycles. The van der Waals surface area contributed by atoms with E-state index in [0.717, 1.165) is 48.8 Å². The molecule has 3 aromatic rings. The third-order valence-electron chi connectivity index (χ3n) is 7.22. The van der Waals surface area contributed by atoms with Crippen molar-refractivity contribution in [1.29, 1.82) is 0 Å². The summed E-state index contributed by atoms with van der Waals surface area (Å²) in [6, 6.07) is 8.98. The summed E-state index contributed by atoms with van der Waals surface area (Å²) in [5, 5.41) is 0.785. The lowest BCUT2D eigenvalue weighted by Crippen LogP contribution is -2.51. The fourth-order valence-corrected chi connectivity index (χ4v) is 6.48. The summed E-state index contributed by atoms with van der Waals surface area (Å²) in [4.78, 5) is 22.9. The molecule has 0 amide bonds. The van der Waals surface area contributed by atoms with Gasteiger partial charge in [0.15, 0.2) is 9.84 Å². The van der Waals surface area contributed by atoms with E-state index in [0.29, 0.717) is 15.9 Å². The van der Waals surface area contributed by atoms with Crippen LogP contribution in [0.15, 0.2) is 50.8 Å². The van der Waals surface area contributed by atoms with Crippen LogP contribution >= 0.6 is 27.5 Å². The molecule has 0 bridgehead atoms. The van der Waals surface area contributed by atoms with E-state index in [4.69, 9.17) is 11.6 Å². The van der Waals surface area contributed by atoms with Crippen molar-refractivity contribution in [2.24, 2.45) is 0 Å². The molecule has 1 aliphatic carbocycles. The van der Waals surface area contributed by atoms with Crippen LogP contribution in [0, 0.1) is 0 Å². The molecule has 2 heterocycles. The van der Waals surface area contributed by atoms with E-state index in [1.54, 1.807) is 13.0 Å². The molecule has 192 valence electrons. The van der Waals surface area contributed by atoms with Gasteiger partial charge in [-0.15, -0.1) is 0 Å². The van der Waals surface area contributed by atoms with Crippen molar-refractivity contribution in [3.63, 3.8) is 0 Å². The molecule has 2 aromatic carbocycles. The summed E-state index contributed by atoms with van der Waals surface area (Å²) in [6.07, 6.45) is 5.41. The molecule has 1 saturated heterocycles. The van der Waals surface area contributed by atoms with Crippen molar-refractivity contribution < 1.29 is 8.42 Å². The van der Waals surface area contributed by atoms with Crippen LogP contribution in [-0.2, 0) is 16.4 Å². The van der Waals surface area contributed by atoms with Crippen molar-refractivity contribution in [1.82, 2.24) is 19.5 Å². The fourth-order valence-electron chi connectivity index (χ4n) is 4.81. The molecule has 2 aliphatic rings. The first-order valence-corrected chi connectivity index (χ1v) is 15.0. The van der Waals surface area contributed by atoms with E-state index in [9.17, 15) is 13.2 Å². The number of nitrogens with one attached hydrogen (secondary N) is 1. The molecule has 2 fully saturated rings. The lowest BCUT2D eigenvalue weighted by molar-refractivity contribution is 0.0587. The third-order valence-corrected chi connectivity index (χ3v) is 9.98. The average Bonchev–Trinajstić information content (AvgIpc) is 2.82. The fraction of sp³-hybridized carbons (Fsp3) is 0.440. The highest BCUT2D eigenvalue weighted by molar-refractivity contribution is 9.10. The van der Waals surface area contributed by atoms with Gasteiger partial charge in [0.25, 0.3) is 5.56 Å². The molecular weight excluding hydrogens is 566 g/mol. The number of nitrogens with zero attached hydrogens (tertiary/aromatic N) is 4. The van der Waals surface area contributed by atoms with Gasteiger partial charge in [-0.3, -0.25) is 20.0 Å². The summed E-state index contributed by atoms with van der Waals surface area (Å²) >= 11 is 9.76. The average molecular weight is 595 g/mol. The predicted octanol–water partition coefficient (Wildman–Crippen LogP) is 4.15. The normalized spacial score (nSPS) is 17.9. The van der Waals surface area contributed by atoms with Crippen LogP contribution in [0.25, 0.3) is 10.9 Å². The monoisotopic (exact) mass is 593 g/mol. The van der Waals surface area contributed by atoms with Crippen LogP contribution < -0.4 is 11.0 Å². The van der Waals surface area contributed by atoms with Crippen molar-refractivity contribution in [2.75, 3.05) is 37.4 Å². The Morgan fingerprint density at radius 1 is 1.14 bits per heavy atom.